The van der Waals surface area contributed by atoms with E-state index < -0.39 is 6.61 Å². The van der Waals surface area contributed by atoms with Crippen LogP contribution in [0.25, 0.3) is 0 Å². The quantitative estimate of drug-likeness (QED) is 0.579. The Balaban J connectivity index is 1.70. The molecule has 0 bridgehead atoms. The van der Waals surface area contributed by atoms with Gasteiger partial charge >= 0.3 is 6.61 Å². The molecule has 3 aromatic rings. The number of benzene rings is 2. The number of amides is 1. The van der Waals surface area contributed by atoms with Gasteiger partial charge in [-0.05, 0) is 47.2 Å². The van der Waals surface area contributed by atoms with E-state index in [4.69, 9.17) is 4.74 Å². The Kier molecular flexibility index (Phi) is 5.49. The minimum atomic E-state index is -2.97. The SMILES string of the molecule is COc1cc(C(=O)N2CCc3sccc3[C@H]2c2ccccc2)ccc1OC(F)F. The predicted octanol–water partition coefficient (Wildman–Crippen LogP) is 5.15. The zero-order chi connectivity index (χ0) is 20.4. The van der Waals surface area contributed by atoms with Crippen LogP contribution in [0.15, 0.2) is 60.0 Å². The van der Waals surface area contributed by atoms with Gasteiger partial charge < -0.3 is 14.4 Å². The standard InChI is InChI=1S/C22H19F2NO3S/c1-27-18-13-15(7-8-17(18)28-22(23)24)21(26)25-11-9-19-16(10-12-29-19)20(25)14-5-3-2-4-6-14/h2-8,10,12-13,20,22H,9,11H2,1H3/t20-/m1/s1. The highest BCUT2D eigenvalue weighted by Crippen LogP contribution is 2.39. The first kappa shape index (κ1) is 19.4. The van der Waals surface area contributed by atoms with Crippen LogP contribution in [0.2, 0.25) is 0 Å². The number of methoxy groups -OCH3 is 1. The second-order valence-corrected chi connectivity index (χ2v) is 7.61. The van der Waals surface area contributed by atoms with Crippen LogP contribution in [-0.4, -0.2) is 31.1 Å². The molecule has 0 fully saturated rings. The fourth-order valence-electron chi connectivity index (χ4n) is 3.69. The van der Waals surface area contributed by atoms with Gasteiger partial charge in [0.2, 0.25) is 0 Å². The molecule has 0 saturated carbocycles. The van der Waals surface area contributed by atoms with Crippen molar-refractivity contribution in [2.45, 2.75) is 19.1 Å². The molecule has 0 aliphatic carbocycles. The van der Waals surface area contributed by atoms with Gasteiger partial charge in [-0.3, -0.25) is 4.79 Å². The minimum Gasteiger partial charge on any atom is -0.493 e. The first-order valence-corrected chi connectivity index (χ1v) is 10.0. The molecular weight excluding hydrogens is 396 g/mol. The number of thiophene rings is 1. The molecule has 0 unspecified atom stereocenters. The highest BCUT2D eigenvalue weighted by atomic mass is 32.1. The van der Waals surface area contributed by atoms with Crippen LogP contribution < -0.4 is 9.47 Å². The van der Waals surface area contributed by atoms with Gasteiger partial charge in [-0.15, -0.1) is 11.3 Å². The molecule has 0 radical (unpaired) electrons. The van der Waals surface area contributed by atoms with Crippen LogP contribution in [0, 0.1) is 0 Å². The second-order valence-electron chi connectivity index (χ2n) is 6.61. The molecular formula is C22H19F2NO3S. The molecule has 4 rings (SSSR count). The summed E-state index contributed by atoms with van der Waals surface area (Å²) < 4.78 is 34.8. The number of carbonyl (C=O) groups excluding carboxylic acids is 1. The van der Waals surface area contributed by atoms with Gasteiger partial charge in [-0.1, -0.05) is 30.3 Å². The molecule has 1 atom stereocenters. The van der Waals surface area contributed by atoms with Crippen LogP contribution in [-0.2, 0) is 6.42 Å². The van der Waals surface area contributed by atoms with E-state index in [1.165, 1.54) is 30.2 Å². The number of fused-ring (bicyclic) bond motifs is 1. The maximum absolute atomic E-state index is 13.4. The van der Waals surface area contributed by atoms with E-state index in [1.807, 2.05) is 40.6 Å². The van der Waals surface area contributed by atoms with Crippen LogP contribution in [0.4, 0.5) is 8.78 Å². The zero-order valence-corrected chi connectivity index (χ0v) is 16.5. The van der Waals surface area contributed by atoms with Gasteiger partial charge in [0, 0.05) is 17.0 Å². The van der Waals surface area contributed by atoms with Crippen molar-refractivity contribution in [1.29, 1.82) is 0 Å². The Morgan fingerprint density at radius 2 is 1.93 bits per heavy atom. The summed E-state index contributed by atoms with van der Waals surface area (Å²) in [5.74, 6) is -0.185. The van der Waals surface area contributed by atoms with E-state index in [2.05, 4.69) is 10.8 Å². The summed E-state index contributed by atoms with van der Waals surface area (Å²) in [6.45, 7) is -2.39. The van der Waals surface area contributed by atoms with Crippen molar-refractivity contribution in [1.82, 2.24) is 4.90 Å². The number of hydrogen-bond donors (Lipinski definition) is 0. The fraction of sp³-hybridized carbons (Fsp3) is 0.227. The summed E-state index contributed by atoms with van der Waals surface area (Å²) in [4.78, 5) is 16.5. The lowest BCUT2D eigenvalue weighted by Gasteiger charge is -2.36. The lowest BCUT2D eigenvalue weighted by molar-refractivity contribution is -0.0512. The number of nitrogens with zero attached hydrogens (tertiary/aromatic N) is 1. The van der Waals surface area contributed by atoms with Gasteiger partial charge in [-0.25, -0.2) is 0 Å². The first-order chi connectivity index (χ1) is 14.1. The summed E-state index contributed by atoms with van der Waals surface area (Å²) in [5.41, 5.74) is 2.53. The number of ether oxygens (including phenoxy) is 2. The molecule has 2 aromatic carbocycles. The maximum Gasteiger partial charge on any atom is 0.387 e. The van der Waals surface area contributed by atoms with Crippen molar-refractivity contribution in [2.75, 3.05) is 13.7 Å². The van der Waals surface area contributed by atoms with Gasteiger partial charge in [-0.2, -0.15) is 8.78 Å². The summed E-state index contributed by atoms with van der Waals surface area (Å²) in [6, 6.07) is 16.0. The van der Waals surface area contributed by atoms with Crippen LogP contribution >= 0.6 is 11.3 Å². The normalized spacial score (nSPS) is 15.9. The number of rotatable bonds is 5. The van der Waals surface area contributed by atoms with Crippen molar-refractivity contribution in [3.63, 3.8) is 0 Å². The molecule has 1 aromatic heterocycles. The number of hydrogen-bond acceptors (Lipinski definition) is 4. The monoisotopic (exact) mass is 415 g/mol. The predicted molar refractivity (Wildman–Crippen MR) is 107 cm³/mol. The van der Waals surface area contributed by atoms with Crippen LogP contribution in [0.3, 0.4) is 0 Å². The third-order valence-corrected chi connectivity index (χ3v) is 5.97. The third-order valence-electron chi connectivity index (χ3n) is 4.97. The fourth-order valence-corrected chi connectivity index (χ4v) is 4.59. The maximum atomic E-state index is 13.4. The van der Waals surface area contributed by atoms with Crippen molar-refractivity contribution < 1.29 is 23.0 Å². The van der Waals surface area contributed by atoms with Crippen molar-refractivity contribution in [3.8, 4) is 11.5 Å². The summed E-state index contributed by atoms with van der Waals surface area (Å²) in [5, 5.41) is 2.05. The molecule has 4 nitrogen and oxygen atoms in total. The Hall–Kier alpha value is -2.93. The molecule has 150 valence electrons. The minimum absolute atomic E-state index is 0.0978. The Morgan fingerprint density at radius 3 is 2.66 bits per heavy atom. The van der Waals surface area contributed by atoms with Gasteiger partial charge in [0.1, 0.15) is 0 Å². The molecule has 0 saturated heterocycles. The van der Waals surface area contributed by atoms with E-state index in [-0.39, 0.29) is 23.4 Å². The van der Waals surface area contributed by atoms with Crippen molar-refractivity contribution >= 4 is 17.2 Å². The van der Waals surface area contributed by atoms with E-state index in [9.17, 15) is 13.6 Å². The molecule has 2 heterocycles. The van der Waals surface area contributed by atoms with E-state index >= 15 is 0 Å². The highest BCUT2D eigenvalue weighted by molar-refractivity contribution is 7.10. The first-order valence-electron chi connectivity index (χ1n) is 9.13. The van der Waals surface area contributed by atoms with E-state index in [1.54, 1.807) is 11.3 Å². The largest absolute Gasteiger partial charge is 0.493 e. The summed E-state index contributed by atoms with van der Waals surface area (Å²) in [6.07, 6.45) is 0.784. The lowest BCUT2D eigenvalue weighted by atomic mass is 9.92. The van der Waals surface area contributed by atoms with Crippen molar-refractivity contribution in [3.05, 3.63) is 81.5 Å². The van der Waals surface area contributed by atoms with Crippen LogP contribution in [0.5, 0.6) is 11.5 Å². The van der Waals surface area contributed by atoms with E-state index in [0.717, 1.165) is 17.5 Å². The average Bonchev–Trinajstić information content (AvgIpc) is 3.22. The van der Waals surface area contributed by atoms with Gasteiger partial charge in [0.05, 0.1) is 13.2 Å². The Labute approximate surface area is 171 Å². The molecule has 1 aliphatic rings. The Morgan fingerprint density at radius 1 is 1.14 bits per heavy atom. The van der Waals surface area contributed by atoms with Gasteiger partial charge in [0.15, 0.2) is 11.5 Å². The topological polar surface area (TPSA) is 38.8 Å². The van der Waals surface area contributed by atoms with Crippen molar-refractivity contribution in [2.24, 2.45) is 0 Å². The molecule has 29 heavy (non-hydrogen) atoms. The number of alkyl halides is 2. The molecule has 0 spiro atoms. The zero-order valence-electron chi connectivity index (χ0n) is 15.7. The second kappa shape index (κ2) is 8.21. The van der Waals surface area contributed by atoms with E-state index in [0.29, 0.717) is 12.1 Å². The molecule has 1 aliphatic heterocycles. The van der Waals surface area contributed by atoms with Gasteiger partial charge in [0.25, 0.3) is 5.91 Å². The molecule has 7 heteroatoms. The smallest absolute Gasteiger partial charge is 0.387 e. The summed E-state index contributed by atoms with van der Waals surface area (Å²) >= 11 is 1.70. The summed E-state index contributed by atoms with van der Waals surface area (Å²) in [7, 11) is 1.35. The van der Waals surface area contributed by atoms with Crippen LogP contribution in [0.1, 0.15) is 32.4 Å². The molecule has 0 N–H and O–H groups in total. The molecule has 1 amide bonds. The third kappa shape index (κ3) is 3.82. The Bertz CT molecular complexity index is 1010. The highest BCUT2D eigenvalue weighted by Gasteiger charge is 2.33. The lowest BCUT2D eigenvalue weighted by Crippen LogP contribution is -2.40. The number of halogens is 2. The average molecular weight is 415 g/mol. The number of carbonyl (C=O) groups is 1.